The minimum Gasteiger partial charge on any atom is -0.489 e. The topological polar surface area (TPSA) is 79.3 Å². The molecule has 1 aliphatic carbocycles. The van der Waals surface area contributed by atoms with E-state index in [1.54, 1.807) is 0 Å². The van der Waals surface area contributed by atoms with E-state index < -0.39 is 5.92 Å². The van der Waals surface area contributed by atoms with Crippen LogP contribution >= 0.6 is 15.9 Å². The summed E-state index contributed by atoms with van der Waals surface area (Å²) >= 11 is 3.46. The summed E-state index contributed by atoms with van der Waals surface area (Å²) in [7, 11) is 0. The van der Waals surface area contributed by atoms with Crippen LogP contribution in [0.2, 0.25) is 0 Å². The molecule has 1 atom stereocenters. The number of halogens is 1. The van der Waals surface area contributed by atoms with E-state index in [9.17, 15) is 10.1 Å². The molecule has 0 saturated carbocycles. The predicted molar refractivity (Wildman–Crippen MR) is 163 cm³/mol. The predicted octanol–water partition coefficient (Wildman–Crippen LogP) is 7.89. The van der Waals surface area contributed by atoms with Crippen molar-refractivity contribution in [1.82, 2.24) is 0 Å². The molecule has 5 nitrogen and oxygen atoms in total. The van der Waals surface area contributed by atoms with Crippen LogP contribution in [0.4, 0.5) is 5.69 Å². The zero-order chi connectivity index (χ0) is 28.8. The smallest absolute Gasteiger partial charge is 0.162 e. The molecule has 1 aliphatic heterocycles. The lowest BCUT2D eigenvalue weighted by atomic mass is 9.68. The second kappa shape index (κ2) is 10.6. The Hall–Kier alpha value is -3.82. The molecule has 0 bridgehead atoms. The van der Waals surface area contributed by atoms with Crippen LogP contribution in [0.15, 0.2) is 87.8 Å². The maximum atomic E-state index is 14.0. The van der Waals surface area contributed by atoms with Gasteiger partial charge in [-0.2, -0.15) is 5.26 Å². The summed E-state index contributed by atoms with van der Waals surface area (Å²) in [6.07, 6.45) is 1.11. The fourth-order valence-corrected chi connectivity index (χ4v) is 6.25. The Balaban J connectivity index is 1.67. The lowest BCUT2D eigenvalue weighted by Gasteiger charge is -2.44. The number of anilines is 1. The molecule has 2 aliphatic rings. The number of nitrogens with zero attached hydrogens (tertiary/aromatic N) is 2. The number of aryl methyl sites for hydroxylation is 2. The van der Waals surface area contributed by atoms with Crippen LogP contribution in [-0.2, 0) is 11.4 Å². The quantitative estimate of drug-likeness (QED) is 0.324. The Bertz CT molecular complexity index is 1610. The number of hydrogen-bond acceptors (Lipinski definition) is 5. The van der Waals surface area contributed by atoms with Crippen molar-refractivity contribution in [2.75, 3.05) is 4.90 Å². The molecule has 2 N–H and O–H groups in total. The van der Waals surface area contributed by atoms with Crippen molar-refractivity contribution in [3.05, 3.63) is 116 Å². The van der Waals surface area contributed by atoms with Crippen LogP contribution in [0.25, 0.3) is 0 Å². The number of benzene rings is 3. The summed E-state index contributed by atoms with van der Waals surface area (Å²) in [6.45, 7) is 10.7. The van der Waals surface area contributed by atoms with E-state index in [1.165, 1.54) is 0 Å². The van der Waals surface area contributed by atoms with Gasteiger partial charge in [-0.3, -0.25) is 9.69 Å². The molecule has 0 aromatic heterocycles. The highest BCUT2D eigenvalue weighted by atomic mass is 79.9. The number of rotatable bonds is 5. The molecular weight excluding hydrogens is 562 g/mol. The number of Topliss-reactive ketones (excluding diaryl/α,β-unsaturated/α-hetero) is 1. The largest absolute Gasteiger partial charge is 0.489 e. The first kappa shape index (κ1) is 27.7. The van der Waals surface area contributed by atoms with Crippen molar-refractivity contribution in [2.24, 2.45) is 11.1 Å². The number of ketones is 1. The fraction of sp³-hybridized carbons (Fsp3) is 0.294. The van der Waals surface area contributed by atoms with E-state index in [1.807, 2.05) is 74.2 Å². The van der Waals surface area contributed by atoms with Gasteiger partial charge in [-0.15, -0.1) is 0 Å². The lowest BCUT2D eigenvalue weighted by molar-refractivity contribution is -0.118. The molecule has 6 heteroatoms. The Morgan fingerprint density at radius 1 is 1.05 bits per heavy atom. The van der Waals surface area contributed by atoms with Crippen LogP contribution in [0.3, 0.4) is 0 Å². The van der Waals surface area contributed by atoms with Gasteiger partial charge in [0.1, 0.15) is 18.2 Å². The number of carbonyl (C=O) groups is 1. The first-order valence-corrected chi connectivity index (χ1v) is 14.3. The summed E-state index contributed by atoms with van der Waals surface area (Å²) in [4.78, 5) is 15.9. The van der Waals surface area contributed by atoms with Gasteiger partial charge in [0.25, 0.3) is 0 Å². The molecule has 3 aromatic carbocycles. The van der Waals surface area contributed by atoms with Gasteiger partial charge in [0.2, 0.25) is 0 Å². The highest BCUT2D eigenvalue weighted by molar-refractivity contribution is 9.10. The van der Waals surface area contributed by atoms with Crippen LogP contribution in [-0.4, -0.2) is 5.78 Å². The number of nitrogens with two attached hydrogens (primary N) is 1. The minimum absolute atomic E-state index is 0.0720. The Labute approximate surface area is 245 Å². The van der Waals surface area contributed by atoms with Gasteiger partial charge in [0.05, 0.1) is 17.6 Å². The van der Waals surface area contributed by atoms with Gasteiger partial charge in [0.15, 0.2) is 5.78 Å². The molecular formula is C34H34BrN3O2. The number of carbonyl (C=O) groups excluding carboxylic acids is 1. The van der Waals surface area contributed by atoms with Crippen molar-refractivity contribution < 1.29 is 9.53 Å². The van der Waals surface area contributed by atoms with Gasteiger partial charge in [-0.25, -0.2) is 0 Å². The van der Waals surface area contributed by atoms with Gasteiger partial charge in [-0.05, 0) is 91.3 Å². The van der Waals surface area contributed by atoms with Gasteiger partial charge in [0, 0.05) is 27.9 Å². The first-order chi connectivity index (χ1) is 19.0. The second-order valence-corrected chi connectivity index (χ2v) is 12.6. The van der Waals surface area contributed by atoms with Gasteiger partial charge < -0.3 is 10.5 Å². The molecule has 0 radical (unpaired) electrons. The molecule has 1 unspecified atom stereocenters. The monoisotopic (exact) mass is 595 g/mol. The van der Waals surface area contributed by atoms with Crippen molar-refractivity contribution in [3.63, 3.8) is 0 Å². The summed E-state index contributed by atoms with van der Waals surface area (Å²) in [5.74, 6) is 0.697. The second-order valence-electron chi connectivity index (χ2n) is 11.7. The van der Waals surface area contributed by atoms with Crippen molar-refractivity contribution in [2.45, 2.75) is 60.0 Å². The molecule has 40 heavy (non-hydrogen) atoms. The van der Waals surface area contributed by atoms with E-state index in [4.69, 9.17) is 10.5 Å². The Morgan fingerprint density at radius 3 is 2.45 bits per heavy atom. The molecule has 0 saturated heterocycles. The van der Waals surface area contributed by atoms with Crippen molar-refractivity contribution in [1.29, 1.82) is 5.26 Å². The minimum atomic E-state index is -0.531. The molecule has 0 spiro atoms. The summed E-state index contributed by atoms with van der Waals surface area (Å²) in [5.41, 5.74) is 14.6. The van der Waals surface area contributed by atoms with E-state index in [0.717, 1.165) is 49.4 Å². The highest BCUT2D eigenvalue weighted by Crippen LogP contribution is 2.51. The number of allylic oxidation sites excluding steroid dienone is 3. The average Bonchev–Trinajstić information content (AvgIpc) is 2.88. The standard InChI is InChI=1S/C34H34BrN3O2/c1-20-7-6-8-25(14-20)38-29-16-34(4,5)17-30(39)32(29)31(28(18-36)33(38)37)27-15-21(2)13-23(22(27)3)19-40-26-11-9-24(35)10-12-26/h6-15,31H,16-17,19,37H2,1-5H3. The number of nitriles is 1. The van der Waals surface area contributed by atoms with Crippen molar-refractivity contribution in [3.8, 4) is 11.8 Å². The van der Waals surface area contributed by atoms with E-state index >= 15 is 0 Å². The Morgan fingerprint density at radius 2 is 1.77 bits per heavy atom. The third kappa shape index (κ3) is 5.19. The zero-order valence-electron chi connectivity index (χ0n) is 23.6. The zero-order valence-corrected chi connectivity index (χ0v) is 25.2. The molecule has 204 valence electrons. The van der Waals surface area contributed by atoms with E-state index in [-0.39, 0.29) is 11.2 Å². The van der Waals surface area contributed by atoms with E-state index in [0.29, 0.717) is 36.4 Å². The lowest BCUT2D eigenvalue weighted by Crippen LogP contribution is -2.42. The van der Waals surface area contributed by atoms with Crippen LogP contribution in [0.1, 0.15) is 60.4 Å². The summed E-state index contributed by atoms with van der Waals surface area (Å²) in [6, 6.07) is 22.4. The third-order valence-electron chi connectivity index (χ3n) is 7.86. The van der Waals surface area contributed by atoms with Crippen LogP contribution < -0.4 is 15.4 Å². The van der Waals surface area contributed by atoms with Gasteiger partial charge in [-0.1, -0.05) is 59.6 Å². The first-order valence-electron chi connectivity index (χ1n) is 13.5. The maximum Gasteiger partial charge on any atom is 0.162 e. The molecule has 5 rings (SSSR count). The molecule has 1 heterocycles. The molecule has 0 amide bonds. The fourth-order valence-electron chi connectivity index (χ4n) is 5.99. The van der Waals surface area contributed by atoms with Crippen LogP contribution in [0, 0.1) is 37.5 Å². The number of ether oxygens (including phenoxy) is 1. The van der Waals surface area contributed by atoms with Crippen molar-refractivity contribution >= 4 is 27.4 Å². The molecule has 3 aromatic rings. The maximum absolute atomic E-state index is 14.0. The van der Waals surface area contributed by atoms with Gasteiger partial charge >= 0.3 is 0 Å². The Kier molecular flexibility index (Phi) is 7.37. The normalized spacial score (nSPS) is 18.5. The molecule has 0 fully saturated rings. The van der Waals surface area contributed by atoms with E-state index in [2.05, 4.69) is 48.0 Å². The third-order valence-corrected chi connectivity index (χ3v) is 8.39. The van der Waals surface area contributed by atoms with Crippen LogP contribution in [0.5, 0.6) is 5.75 Å². The summed E-state index contributed by atoms with van der Waals surface area (Å²) in [5, 5.41) is 10.5. The average molecular weight is 597 g/mol. The number of hydrogen-bond donors (Lipinski definition) is 1. The summed E-state index contributed by atoms with van der Waals surface area (Å²) < 4.78 is 7.12. The highest BCUT2D eigenvalue weighted by Gasteiger charge is 2.45. The SMILES string of the molecule is Cc1cccc(N2C(N)=C(C#N)C(c3cc(C)cc(COc4ccc(Br)cc4)c3C)C3=C2CC(C)(C)CC3=O)c1.